The number of para-hydroxylation sites is 1. The maximum absolute atomic E-state index is 9.47. The van der Waals surface area contributed by atoms with E-state index in [1.807, 2.05) is 12.1 Å². The second-order valence-corrected chi connectivity index (χ2v) is 4.25. The molecule has 1 aliphatic carbocycles. The predicted octanol–water partition coefficient (Wildman–Crippen LogP) is 2.71. The Morgan fingerprint density at radius 2 is 1.80 bits per heavy atom. The van der Waals surface area contributed by atoms with Gasteiger partial charge in [0.15, 0.2) is 0 Å². The van der Waals surface area contributed by atoms with Gasteiger partial charge in [-0.1, -0.05) is 18.2 Å². The van der Waals surface area contributed by atoms with Gasteiger partial charge < -0.3 is 9.84 Å². The van der Waals surface area contributed by atoms with Crippen LogP contribution in [0.1, 0.15) is 37.2 Å². The van der Waals surface area contributed by atoms with Crippen LogP contribution in [0.5, 0.6) is 5.75 Å². The van der Waals surface area contributed by atoms with Gasteiger partial charge in [0, 0.05) is 0 Å². The second kappa shape index (κ2) is 4.67. The molecule has 15 heavy (non-hydrogen) atoms. The first-order valence-electron chi connectivity index (χ1n) is 5.62. The monoisotopic (exact) mass is 206 g/mol. The molecule has 1 aromatic carbocycles. The fourth-order valence-electron chi connectivity index (χ4n) is 2.39. The fourth-order valence-corrected chi connectivity index (χ4v) is 2.39. The third-order valence-corrected chi connectivity index (χ3v) is 3.28. The highest BCUT2D eigenvalue weighted by Crippen LogP contribution is 2.37. The molecule has 0 heterocycles. The summed E-state index contributed by atoms with van der Waals surface area (Å²) in [4.78, 5) is 0. The van der Waals surface area contributed by atoms with E-state index in [0.717, 1.165) is 31.4 Å². The Morgan fingerprint density at radius 3 is 2.47 bits per heavy atom. The molecule has 1 fully saturated rings. The topological polar surface area (TPSA) is 29.5 Å². The highest BCUT2D eigenvalue weighted by molar-refractivity contribution is 5.36. The third kappa shape index (κ3) is 2.32. The molecule has 0 atom stereocenters. The molecule has 0 aliphatic heterocycles. The van der Waals surface area contributed by atoms with Crippen LogP contribution in [0.25, 0.3) is 0 Å². The molecule has 0 radical (unpaired) electrons. The zero-order chi connectivity index (χ0) is 10.7. The Balaban J connectivity index is 2.15. The first kappa shape index (κ1) is 10.5. The Hall–Kier alpha value is -1.02. The summed E-state index contributed by atoms with van der Waals surface area (Å²) in [5, 5.41) is 9.47. The molecule has 1 aromatic rings. The highest BCUT2D eigenvalue weighted by atomic mass is 16.5. The molecule has 0 saturated heterocycles. The van der Waals surface area contributed by atoms with Gasteiger partial charge in [0.25, 0.3) is 0 Å². The van der Waals surface area contributed by atoms with Gasteiger partial charge in [-0.15, -0.1) is 0 Å². The zero-order valence-corrected chi connectivity index (χ0v) is 9.15. The summed E-state index contributed by atoms with van der Waals surface area (Å²) in [7, 11) is 1.72. The van der Waals surface area contributed by atoms with E-state index in [1.165, 1.54) is 5.56 Å². The van der Waals surface area contributed by atoms with E-state index in [0.29, 0.717) is 5.92 Å². The van der Waals surface area contributed by atoms with E-state index in [4.69, 9.17) is 4.74 Å². The molecule has 0 spiro atoms. The van der Waals surface area contributed by atoms with Crippen LogP contribution in [0.2, 0.25) is 0 Å². The normalized spacial score (nSPS) is 26.3. The standard InChI is InChI=1S/C13H18O2/c1-15-13-5-3-2-4-12(13)10-6-8-11(14)9-7-10/h2-5,10-11,14H,6-9H2,1H3/t10-,11+. The zero-order valence-electron chi connectivity index (χ0n) is 9.15. The van der Waals surface area contributed by atoms with E-state index >= 15 is 0 Å². The van der Waals surface area contributed by atoms with Crippen LogP contribution in [0.4, 0.5) is 0 Å². The summed E-state index contributed by atoms with van der Waals surface area (Å²) in [5.41, 5.74) is 1.30. The lowest BCUT2D eigenvalue weighted by Gasteiger charge is -2.26. The van der Waals surface area contributed by atoms with Gasteiger partial charge in [-0.25, -0.2) is 0 Å². The lowest BCUT2D eigenvalue weighted by molar-refractivity contribution is 0.122. The largest absolute Gasteiger partial charge is 0.496 e. The van der Waals surface area contributed by atoms with Gasteiger partial charge in [0.2, 0.25) is 0 Å². The number of aliphatic hydroxyl groups excluding tert-OH is 1. The average Bonchev–Trinajstić information content (AvgIpc) is 2.30. The number of rotatable bonds is 2. The first-order valence-corrected chi connectivity index (χ1v) is 5.62. The van der Waals surface area contributed by atoms with Crippen molar-refractivity contribution in [3.05, 3.63) is 29.8 Å². The summed E-state index contributed by atoms with van der Waals surface area (Å²) in [6, 6.07) is 8.21. The Kier molecular flexibility index (Phi) is 3.27. The van der Waals surface area contributed by atoms with Crippen molar-refractivity contribution in [1.82, 2.24) is 0 Å². The number of hydrogen-bond donors (Lipinski definition) is 1. The number of methoxy groups -OCH3 is 1. The molecular formula is C13H18O2. The van der Waals surface area contributed by atoms with E-state index in [1.54, 1.807) is 7.11 Å². The van der Waals surface area contributed by atoms with Crippen LogP contribution in [0.15, 0.2) is 24.3 Å². The summed E-state index contributed by atoms with van der Waals surface area (Å²) < 4.78 is 5.36. The van der Waals surface area contributed by atoms with Crippen molar-refractivity contribution < 1.29 is 9.84 Å². The Bertz CT molecular complexity index is 314. The van der Waals surface area contributed by atoms with Crippen molar-refractivity contribution in [2.45, 2.75) is 37.7 Å². The molecule has 1 N–H and O–H groups in total. The molecule has 2 nitrogen and oxygen atoms in total. The van der Waals surface area contributed by atoms with Crippen LogP contribution in [-0.2, 0) is 0 Å². The predicted molar refractivity (Wildman–Crippen MR) is 60.2 cm³/mol. The van der Waals surface area contributed by atoms with Crippen LogP contribution >= 0.6 is 0 Å². The summed E-state index contributed by atoms with van der Waals surface area (Å²) in [6.45, 7) is 0. The third-order valence-electron chi connectivity index (χ3n) is 3.28. The number of ether oxygens (including phenoxy) is 1. The van der Waals surface area contributed by atoms with Crippen molar-refractivity contribution in [3.63, 3.8) is 0 Å². The lowest BCUT2D eigenvalue weighted by atomic mass is 9.82. The van der Waals surface area contributed by atoms with Gasteiger partial charge in [-0.2, -0.15) is 0 Å². The summed E-state index contributed by atoms with van der Waals surface area (Å²) in [6.07, 6.45) is 3.89. The smallest absolute Gasteiger partial charge is 0.122 e. The van der Waals surface area contributed by atoms with Crippen molar-refractivity contribution >= 4 is 0 Å². The maximum atomic E-state index is 9.47. The molecule has 1 aliphatic rings. The summed E-state index contributed by atoms with van der Waals surface area (Å²) >= 11 is 0. The second-order valence-electron chi connectivity index (χ2n) is 4.25. The lowest BCUT2D eigenvalue weighted by Crippen LogP contribution is -2.17. The minimum Gasteiger partial charge on any atom is -0.496 e. The van der Waals surface area contributed by atoms with E-state index < -0.39 is 0 Å². The van der Waals surface area contributed by atoms with E-state index in [-0.39, 0.29) is 6.10 Å². The van der Waals surface area contributed by atoms with E-state index in [2.05, 4.69) is 12.1 Å². The Morgan fingerprint density at radius 1 is 1.13 bits per heavy atom. The van der Waals surface area contributed by atoms with Gasteiger partial charge in [0.1, 0.15) is 5.75 Å². The molecule has 0 unspecified atom stereocenters. The van der Waals surface area contributed by atoms with Gasteiger partial charge >= 0.3 is 0 Å². The van der Waals surface area contributed by atoms with Crippen LogP contribution < -0.4 is 4.74 Å². The van der Waals surface area contributed by atoms with Gasteiger partial charge in [0.05, 0.1) is 13.2 Å². The van der Waals surface area contributed by atoms with Crippen molar-refractivity contribution in [1.29, 1.82) is 0 Å². The molecule has 2 rings (SSSR count). The molecule has 0 amide bonds. The minimum absolute atomic E-state index is 0.0871. The molecule has 82 valence electrons. The number of benzene rings is 1. The molecular weight excluding hydrogens is 188 g/mol. The highest BCUT2D eigenvalue weighted by Gasteiger charge is 2.22. The first-order chi connectivity index (χ1) is 7.31. The van der Waals surface area contributed by atoms with Crippen LogP contribution in [0.3, 0.4) is 0 Å². The van der Waals surface area contributed by atoms with Crippen LogP contribution in [0, 0.1) is 0 Å². The van der Waals surface area contributed by atoms with Crippen LogP contribution in [-0.4, -0.2) is 18.3 Å². The van der Waals surface area contributed by atoms with Gasteiger partial charge in [-0.05, 0) is 43.2 Å². The van der Waals surface area contributed by atoms with Crippen molar-refractivity contribution in [2.24, 2.45) is 0 Å². The summed E-state index contributed by atoms with van der Waals surface area (Å²) in [5.74, 6) is 1.54. The number of aliphatic hydroxyl groups is 1. The average molecular weight is 206 g/mol. The fraction of sp³-hybridized carbons (Fsp3) is 0.538. The Labute approximate surface area is 90.9 Å². The van der Waals surface area contributed by atoms with E-state index in [9.17, 15) is 5.11 Å². The van der Waals surface area contributed by atoms with Crippen molar-refractivity contribution in [3.8, 4) is 5.75 Å². The quantitative estimate of drug-likeness (QED) is 0.806. The SMILES string of the molecule is COc1ccccc1[C@H]1CC[C@@H](O)CC1. The molecule has 1 saturated carbocycles. The molecule has 0 bridgehead atoms. The van der Waals surface area contributed by atoms with Gasteiger partial charge in [-0.3, -0.25) is 0 Å². The molecule has 0 aromatic heterocycles. The number of hydrogen-bond acceptors (Lipinski definition) is 2. The minimum atomic E-state index is -0.0871. The molecule has 2 heteroatoms. The van der Waals surface area contributed by atoms with Crippen molar-refractivity contribution in [2.75, 3.05) is 7.11 Å². The maximum Gasteiger partial charge on any atom is 0.122 e.